The van der Waals surface area contributed by atoms with Crippen molar-refractivity contribution in [3.05, 3.63) is 36.3 Å². The Hall–Kier alpha value is -1.83. The normalized spacial score (nSPS) is 12.6. The summed E-state index contributed by atoms with van der Waals surface area (Å²) >= 11 is 0. The lowest BCUT2D eigenvalue weighted by Gasteiger charge is -2.06. The molecule has 0 unspecified atom stereocenters. The fraction of sp³-hybridized carbons (Fsp3) is 0.250. The number of rotatable bonds is 3. The van der Waals surface area contributed by atoms with Gasteiger partial charge in [-0.15, -0.1) is 0 Å². The molecule has 0 bridgehead atoms. The minimum Gasteiger partial charge on any atom is -0.340 e. The number of imidazole rings is 1. The van der Waals surface area contributed by atoms with Gasteiger partial charge in [-0.25, -0.2) is 13.4 Å². The Labute approximate surface area is 113 Å². The summed E-state index contributed by atoms with van der Waals surface area (Å²) in [4.78, 5) is 5.40. The SMILES string of the molecule is CCS(=O)(=O)c1ccccc1-c1c[nH]c(C(F)(F)F)n1. The monoisotopic (exact) mass is 304 g/mol. The number of benzene rings is 1. The lowest BCUT2D eigenvalue weighted by atomic mass is 10.2. The second-order valence-electron chi connectivity index (χ2n) is 4.03. The summed E-state index contributed by atoms with van der Waals surface area (Å²) in [5.41, 5.74) is 0.103. The van der Waals surface area contributed by atoms with Crippen LogP contribution in [0, 0.1) is 0 Å². The minimum absolute atomic E-state index is 0.0253. The van der Waals surface area contributed by atoms with Crippen LogP contribution in [0.2, 0.25) is 0 Å². The lowest BCUT2D eigenvalue weighted by molar-refractivity contribution is -0.144. The van der Waals surface area contributed by atoms with Gasteiger partial charge >= 0.3 is 6.18 Å². The van der Waals surface area contributed by atoms with Crippen LogP contribution in [0.1, 0.15) is 12.7 Å². The predicted octanol–water partition coefficient (Wildman–Crippen LogP) is 2.89. The van der Waals surface area contributed by atoms with Gasteiger partial charge in [0.05, 0.1) is 16.3 Å². The Morgan fingerprint density at radius 3 is 2.45 bits per heavy atom. The number of halogens is 3. The van der Waals surface area contributed by atoms with Gasteiger partial charge < -0.3 is 4.98 Å². The van der Waals surface area contributed by atoms with Crippen molar-refractivity contribution in [2.75, 3.05) is 5.75 Å². The van der Waals surface area contributed by atoms with Crippen LogP contribution in [0.25, 0.3) is 11.3 Å². The summed E-state index contributed by atoms with van der Waals surface area (Å²) in [5.74, 6) is -1.29. The third kappa shape index (κ3) is 2.69. The van der Waals surface area contributed by atoms with Crippen molar-refractivity contribution >= 4 is 9.84 Å². The largest absolute Gasteiger partial charge is 0.449 e. The number of hydrogen-bond donors (Lipinski definition) is 1. The molecular formula is C12H11F3N2O2S. The molecule has 0 spiro atoms. The molecule has 1 aromatic heterocycles. The van der Waals surface area contributed by atoms with Crippen molar-refractivity contribution in [3.63, 3.8) is 0 Å². The minimum atomic E-state index is -4.60. The zero-order valence-electron chi connectivity index (χ0n) is 10.4. The first kappa shape index (κ1) is 14.6. The van der Waals surface area contributed by atoms with Crippen molar-refractivity contribution in [1.82, 2.24) is 9.97 Å². The highest BCUT2D eigenvalue weighted by atomic mass is 32.2. The maximum atomic E-state index is 12.5. The zero-order valence-corrected chi connectivity index (χ0v) is 11.2. The van der Waals surface area contributed by atoms with E-state index in [-0.39, 0.29) is 21.9 Å². The number of aromatic nitrogens is 2. The Balaban J connectivity index is 2.57. The molecule has 8 heteroatoms. The van der Waals surface area contributed by atoms with Gasteiger partial charge in [-0.2, -0.15) is 13.2 Å². The smallest absolute Gasteiger partial charge is 0.340 e. The standard InChI is InChI=1S/C12H11F3N2O2S/c1-2-20(18,19)10-6-4-3-5-8(10)9-7-16-11(17-9)12(13,14)15/h3-7H,2H2,1H3,(H,16,17). The second-order valence-corrected chi connectivity index (χ2v) is 6.28. The summed E-state index contributed by atoms with van der Waals surface area (Å²) in [7, 11) is -3.54. The van der Waals surface area contributed by atoms with E-state index in [1.54, 1.807) is 6.07 Å². The molecule has 1 aromatic carbocycles. The first-order chi connectivity index (χ1) is 9.25. The van der Waals surface area contributed by atoms with E-state index in [1.807, 2.05) is 4.98 Å². The van der Waals surface area contributed by atoms with Crippen LogP contribution in [0.4, 0.5) is 13.2 Å². The molecule has 0 atom stereocenters. The molecule has 0 fully saturated rings. The Kier molecular flexibility index (Phi) is 3.59. The van der Waals surface area contributed by atoms with Gasteiger partial charge in [0.2, 0.25) is 5.82 Å². The van der Waals surface area contributed by atoms with Crippen molar-refractivity contribution < 1.29 is 21.6 Å². The van der Waals surface area contributed by atoms with E-state index in [0.29, 0.717) is 0 Å². The number of nitrogens with one attached hydrogen (secondary N) is 1. The number of hydrogen-bond acceptors (Lipinski definition) is 3. The molecule has 20 heavy (non-hydrogen) atoms. The van der Waals surface area contributed by atoms with E-state index in [4.69, 9.17) is 0 Å². The van der Waals surface area contributed by atoms with Gasteiger partial charge in [0.25, 0.3) is 0 Å². The number of sulfone groups is 1. The van der Waals surface area contributed by atoms with E-state index in [9.17, 15) is 21.6 Å². The fourth-order valence-corrected chi connectivity index (χ4v) is 2.81. The maximum Gasteiger partial charge on any atom is 0.449 e. The molecule has 1 N–H and O–H groups in total. The molecule has 0 radical (unpaired) electrons. The lowest BCUT2D eigenvalue weighted by Crippen LogP contribution is -2.07. The first-order valence-electron chi connectivity index (χ1n) is 5.70. The Morgan fingerprint density at radius 2 is 1.90 bits per heavy atom. The number of aromatic amines is 1. The Bertz CT molecular complexity index is 720. The summed E-state index contributed by atoms with van der Waals surface area (Å²) in [5, 5.41) is 0. The van der Waals surface area contributed by atoms with Crippen LogP contribution in [0.3, 0.4) is 0 Å². The van der Waals surface area contributed by atoms with E-state index in [2.05, 4.69) is 4.98 Å². The summed E-state index contributed by atoms with van der Waals surface area (Å²) < 4.78 is 61.4. The van der Waals surface area contributed by atoms with E-state index in [1.165, 1.54) is 25.1 Å². The quantitative estimate of drug-likeness (QED) is 0.948. The third-order valence-electron chi connectivity index (χ3n) is 2.72. The number of alkyl halides is 3. The molecule has 2 aromatic rings. The molecule has 2 rings (SSSR count). The van der Waals surface area contributed by atoms with Crippen LogP contribution in [-0.4, -0.2) is 24.1 Å². The maximum absolute atomic E-state index is 12.5. The first-order valence-corrected chi connectivity index (χ1v) is 7.35. The van der Waals surface area contributed by atoms with E-state index < -0.39 is 21.8 Å². The topological polar surface area (TPSA) is 62.8 Å². The van der Waals surface area contributed by atoms with Crippen LogP contribution in [0.5, 0.6) is 0 Å². The van der Waals surface area contributed by atoms with Gasteiger partial charge in [0.15, 0.2) is 9.84 Å². The molecule has 108 valence electrons. The molecular weight excluding hydrogens is 293 g/mol. The van der Waals surface area contributed by atoms with Crippen molar-refractivity contribution in [1.29, 1.82) is 0 Å². The van der Waals surface area contributed by atoms with E-state index in [0.717, 1.165) is 6.20 Å². The van der Waals surface area contributed by atoms with Crippen LogP contribution >= 0.6 is 0 Å². The van der Waals surface area contributed by atoms with Crippen molar-refractivity contribution in [2.24, 2.45) is 0 Å². The zero-order chi connectivity index (χ0) is 15.0. The van der Waals surface area contributed by atoms with Crippen molar-refractivity contribution in [2.45, 2.75) is 18.0 Å². The van der Waals surface area contributed by atoms with Gasteiger partial charge in [-0.1, -0.05) is 25.1 Å². The van der Waals surface area contributed by atoms with Crippen LogP contribution in [-0.2, 0) is 16.0 Å². The van der Waals surface area contributed by atoms with Crippen LogP contribution < -0.4 is 0 Å². The highest BCUT2D eigenvalue weighted by Crippen LogP contribution is 2.31. The second kappa shape index (κ2) is 4.93. The molecule has 0 aliphatic rings. The fourth-order valence-electron chi connectivity index (χ4n) is 1.71. The summed E-state index contributed by atoms with van der Waals surface area (Å²) in [6.45, 7) is 1.47. The highest BCUT2D eigenvalue weighted by Gasteiger charge is 2.34. The molecule has 0 aliphatic carbocycles. The average molecular weight is 304 g/mol. The summed E-state index contributed by atoms with van der Waals surface area (Å²) in [6.07, 6.45) is -3.55. The molecule has 1 heterocycles. The van der Waals surface area contributed by atoms with Crippen LogP contribution in [0.15, 0.2) is 35.4 Å². The Morgan fingerprint density at radius 1 is 1.25 bits per heavy atom. The predicted molar refractivity (Wildman–Crippen MR) is 66.8 cm³/mol. The number of nitrogens with zero attached hydrogens (tertiary/aromatic N) is 1. The third-order valence-corrected chi connectivity index (χ3v) is 4.51. The molecule has 0 saturated carbocycles. The molecule has 0 amide bonds. The van der Waals surface area contributed by atoms with E-state index >= 15 is 0 Å². The average Bonchev–Trinajstić information content (AvgIpc) is 2.88. The molecule has 0 aliphatic heterocycles. The molecule has 0 saturated heterocycles. The van der Waals surface area contributed by atoms with Gasteiger partial charge in [-0.3, -0.25) is 0 Å². The van der Waals surface area contributed by atoms with Crippen molar-refractivity contribution in [3.8, 4) is 11.3 Å². The highest BCUT2D eigenvalue weighted by molar-refractivity contribution is 7.91. The summed E-state index contributed by atoms with van der Waals surface area (Å²) in [6, 6.07) is 5.85. The van der Waals surface area contributed by atoms with Gasteiger partial charge in [0, 0.05) is 11.8 Å². The number of H-pyrrole nitrogens is 1. The van der Waals surface area contributed by atoms with Gasteiger partial charge in [-0.05, 0) is 6.07 Å². The molecule has 4 nitrogen and oxygen atoms in total. The van der Waals surface area contributed by atoms with Gasteiger partial charge in [0.1, 0.15) is 0 Å².